The minimum atomic E-state index is -0.862. The van der Waals surface area contributed by atoms with Crippen molar-refractivity contribution in [3.05, 3.63) is 33.9 Å². The first kappa shape index (κ1) is 15.0. The predicted molar refractivity (Wildman–Crippen MR) is 71.3 cm³/mol. The Balaban J connectivity index is 3.09. The molecule has 0 aliphatic heterocycles. The Hall–Kier alpha value is -2.04. The molecule has 1 atom stereocenters. The lowest BCUT2D eigenvalue weighted by atomic mass is 10.0. The van der Waals surface area contributed by atoms with Crippen LogP contribution in [0.4, 0.5) is 0 Å². The zero-order valence-corrected chi connectivity index (χ0v) is 11.5. The summed E-state index contributed by atoms with van der Waals surface area (Å²) in [6, 6.07) is 1.63. The summed E-state index contributed by atoms with van der Waals surface area (Å²) >= 11 is 0. The molecule has 0 spiro atoms. The highest BCUT2D eigenvalue weighted by atomic mass is 16.5. The molecule has 0 aliphatic rings. The van der Waals surface area contributed by atoms with E-state index in [1.807, 2.05) is 0 Å². The van der Waals surface area contributed by atoms with Crippen molar-refractivity contribution in [2.75, 3.05) is 7.11 Å². The normalized spacial score (nSPS) is 13.2. The molecule has 19 heavy (non-hydrogen) atoms. The molecule has 0 aliphatic carbocycles. The number of ether oxygens (including phenoxy) is 1. The van der Waals surface area contributed by atoms with Crippen LogP contribution in [-0.2, 0) is 4.79 Å². The quantitative estimate of drug-likeness (QED) is 0.885. The fraction of sp³-hybridized carbons (Fsp3) is 0.429. The summed E-state index contributed by atoms with van der Waals surface area (Å²) in [7, 11) is 1.48. The molecule has 5 nitrogen and oxygen atoms in total. The number of carboxylic acid groups (broad SMARTS) is 1. The number of rotatable bonds is 5. The summed E-state index contributed by atoms with van der Waals surface area (Å²) in [6.45, 7) is 5.19. The molecule has 1 aromatic heterocycles. The molecule has 0 unspecified atom stereocenters. The molecule has 5 heteroatoms. The van der Waals surface area contributed by atoms with E-state index < -0.39 is 11.6 Å². The summed E-state index contributed by atoms with van der Waals surface area (Å²) in [5.41, 5.74) is 0.676. The first-order valence-corrected chi connectivity index (χ1v) is 5.94. The van der Waals surface area contributed by atoms with Crippen molar-refractivity contribution < 1.29 is 19.1 Å². The van der Waals surface area contributed by atoms with Crippen molar-refractivity contribution in [3.63, 3.8) is 0 Å². The molecule has 0 saturated carbocycles. The first-order valence-electron chi connectivity index (χ1n) is 5.94. The van der Waals surface area contributed by atoms with Crippen LogP contribution in [0.25, 0.3) is 5.57 Å². The zero-order chi connectivity index (χ0) is 14.6. The van der Waals surface area contributed by atoms with Gasteiger partial charge in [-0.2, -0.15) is 0 Å². The lowest BCUT2D eigenvalue weighted by molar-refractivity contribution is -0.137. The van der Waals surface area contributed by atoms with E-state index in [0.717, 1.165) is 0 Å². The highest BCUT2D eigenvalue weighted by Crippen LogP contribution is 2.22. The van der Waals surface area contributed by atoms with E-state index in [1.54, 1.807) is 32.9 Å². The topological polar surface area (TPSA) is 76.7 Å². The van der Waals surface area contributed by atoms with E-state index in [1.165, 1.54) is 7.11 Å². The fourth-order valence-electron chi connectivity index (χ4n) is 1.78. The van der Waals surface area contributed by atoms with Gasteiger partial charge in [0.15, 0.2) is 0 Å². The SMILES string of the molecule is COc1cc(/C(C)=C/[C@H](C)CC(=O)O)oc(=O)c1C. The fourth-order valence-corrected chi connectivity index (χ4v) is 1.78. The molecule has 0 amide bonds. The second-order valence-electron chi connectivity index (χ2n) is 4.52. The van der Waals surface area contributed by atoms with Crippen molar-refractivity contribution in [3.8, 4) is 5.75 Å². The van der Waals surface area contributed by atoms with Crippen molar-refractivity contribution in [1.29, 1.82) is 0 Å². The molecule has 1 heterocycles. The van der Waals surface area contributed by atoms with Gasteiger partial charge in [0, 0.05) is 6.07 Å². The largest absolute Gasteiger partial charge is 0.496 e. The number of hydrogen-bond donors (Lipinski definition) is 1. The second kappa shape index (κ2) is 6.22. The van der Waals surface area contributed by atoms with Crippen molar-refractivity contribution in [2.45, 2.75) is 27.2 Å². The predicted octanol–water partition coefficient (Wildman–Crippen LogP) is 2.47. The van der Waals surface area contributed by atoms with Crippen LogP contribution >= 0.6 is 0 Å². The van der Waals surface area contributed by atoms with Gasteiger partial charge in [0.1, 0.15) is 11.5 Å². The summed E-state index contributed by atoms with van der Waals surface area (Å²) < 4.78 is 10.3. The molecule has 0 bridgehead atoms. The van der Waals surface area contributed by atoms with Gasteiger partial charge in [0.2, 0.25) is 0 Å². The lowest BCUT2D eigenvalue weighted by Crippen LogP contribution is -2.07. The number of hydrogen-bond acceptors (Lipinski definition) is 4. The number of aliphatic carboxylic acids is 1. The van der Waals surface area contributed by atoms with Gasteiger partial charge in [0.25, 0.3) is 0 Å². The number of carbonyl (C=O) groups is 1. The van der Waals surface area contributed by atoms with Gasteiger partial charge in [-0.3, -0.25) is 4.79 Å². The molecular formula is C14H18O5. The molecule has 1 N–H and O–H groups in total. The maximum absolute atomic E-state index is 11.6. The molecular weight excluding hydrogens is 248 g/mol. The van der Waals surface area contributed by atoms with Crippen LogP contribution in [-0.4, -0.2) is 18.2 Å². The highest BCUT2D eigenvalue weighted by molar-refractivity contribution is 5.68. The highest BCUT2D eigenvalue weighted by Gasteiger charge is 2.11. The van der Waals surface area contributed by atoms with Gasteiger partial charge >= 0.3 is 11.6 Å². The molecule has 0 saturated heterocycles. The van der Waals surface area contributed by atoms with Crippen LogP contribution in [0.5, 0.6) is 5.75 Å². The number of carboxylic acids is 1. The van der Waals surface area contributed by atoms with Gasteiger partial charge in [0.05, 0.1) is 19.1 Å². The van der Waals surface area contributed by atoms with Crippen molar-refractivity contribution in [2.24, 2.45) is 5.92 Å². The minimum absolute atomic E-state index is 0.0323. The van der Waals surface area contributed by atoms with Gasteiger partial charge in [-0.25, -0.2) is 4.79 Å². The Kier molecular flexibility index (Phi) is 4.92. The van der Waals surface area contributed by atoms with E-state index in [0.29, 0.717) is 22.6 Å². The molecule has 1 aromatic rings. The summed E-state index contributed by atoms with van der Waals surface area (Å²) in [4.78, 5) is 22.2. The molecule has 0 fully saturated rings. The van der Waals surface area contributed by atoms with Crippen LogP contribution < -0.4 is 10.4 Å². The molecule has 0 aromatic carbocycles. The van der Waals surface area contributed by atoms with E-state index in [9.17, 15) is 9.59 Å². The van der Waals surface area contributed by atoms with E-state index >= 15 is 0 Å². The van der Waals surface area contributed by atoms with Crippen LogP contribution in [0.15, 0.2) is 21.4 Å². The third-order valence-electron chi connectivity index (χ3n) is 2.78. The van der Waals surface area contributed by atoms with Gasteiger partial charge in [-0.15, -0.1) is 0 Å². The van der Waals surface area contributed by atoms with Gasteiger partial charge < -0.3 is 14.3 Å². The van der Waals surface area contributed by atoms with Crippen LogP contribution in [0, 0.1) is 12.8 Å². The zero-order valence-electron chi connectivity index (χ0n) is 11.5. The second-order valence-corrected chi connectivity index (χ2v) is 4.52. The lowest BCUT2D eigenvalue weighted by Gasteiger charge is -2.08. The summed E-state index contributed by atoms with van der Waals surface area (Å²) in [5.74, 6) is -0.149. The maximum atomic E-state index is 11.6. The van der Waals surface area contributed by atoms with Crippen LogP contribution in [0.1, 0.15) is 31.6 Å². The maximum Gasteiger partial charge on any atom is 0.342 e. The Morgan fingerprint density at radius 2 is 2.21 bits per heavy atom. The minimum Gasteiger partial charge on any atom is -0.496 e. The standard InChI is InChI=1S/C14H18O5/c1-8(6-13(15)16)5-9(2)11-7-12(18-4)10(3)14(17)19-11/h5,7-8H,6H2,1-4H3,(H,15,16)/b9-5+/t8-/m0/s1. The number of methoxy groups -OCH3 is 1. The van der Waals surface area contributed by atoms with E-state index in [-0.39, 0.29) is 12.3 Å². The van der Waals surface area contributed by atoms with Crippen molar-refractivity contribution >= 4 is 11.5 Å². The Morgan fingerprint density at radius 1 is 1.58 bits per heavy atom. The average Bonchev–Trinajstić information content (AvgIpc) is 2.31. The van der Waals surface area contributed by atoms with Crippen molar-refractivity contribution in [1.82, 2.24) is 0 Å². The monoisotopic (exact) mass is 266 g/mol. The summed E-state index contributed by atoms with van der Waals surface area (Å²) in [6.07, 6.45) is 1.80. The Morgan fingerprint density at radius 3 is 2.74 bits per heavy atom. The average molecular weight is 266 g/mol. The molecule has 104 valence electrons. The van der Waals surface area contributed by atoms with E-state index in [4.69, 9.17) is 14.3 Å². The smallest absolute Gasteiger partial charge is 0.342 e. The summed E-state index contributed by atoms with van der Waals surface area (Å²) in [5, 5.41) is 8.71. The third-order valence-corrected chi connectivity index (χ3v) is 2.78. The first-order chi connectivity index (χ1) is 8.85. The molecule has 0 radical (unpaired) electrons. The molecule has 1 rings (SSSR count). The third kappa shape index (κ3) is 3.98. The Bertz CT molecular complexity index is 553. The van der Waals surface area contributed by atoms with Crippen LogP contribution in [0.2, 0.25) is 0 Å². The van der Waals surface area contributed by atoms with E-state index in [2.05, 4.69) is 0 Å². The van der Waals surface area contributed by atoms with Crippen LogP contribution in [0.3, 0.4) is 0 Å². The Labute approximate surface area is 111 Å². The number of allylic oxidation sites excluding steroid dienone is 2. The van der Waals surface area contributed by atoms with Gasteiger partial charge in [-0.1, -0.05) is 13.0 Å². The van der Waals surface area contributed by atoms with Gasteiger partial charge in [-0.05, 0) is 25.3 Å².